The molecule has 1 amide bonds. The molecule has 0 aromatic carbocycles. The van der Waals surface area contributed by atoms with Crippen molar-refractivity contribution in [2.45, 2.75) is 38.5 Å². The molecular weight excluding hydrogens is 266 g/mol. The molecule has 4 heteroatoms. The fraction of sp³-hybridized carbons (Fsp3) is 0.647. The molecule has 0 radical (unpaired) electrons. The number of fused-ring (bicyclic) bond motifs is 2. The van der Waals surface area contributed by atoms with Gasteiger partial charge in [0.1, 0.15) is 0 Å². The lowest BCUT2D eigenvalue weighted by Gasteiger charge is -2.24. The van der Waals surface area contributed by atoms with Gasteiger partial charge in [0.2, 0.25) is 5.91 Å². The van der Waals surface area contributed by atoms with Crippen LogP contribution in [0.4, 0.5) is 0 Å². The summed E-state index contributed by atoms with van der Waals surface area (Å²) in [6.07, 6.45) is 12.8. The van der Waals surface area contributed by atoms with E-state index < -0.39 is 11.9 Å². The molecule has 2 bridgehead atoms. The van der Waals surface area contributed by atoms with Gasteiger partial charge in [-0.05, 0) is 50.4 Å². The number of carbonyl (C=O) groups is 2. The normalized spacial score (nSPS) is 33.8. The van der Waals surface area contributed by atoms with Crippen molar-refractivity contribution in [3.63, 3.8) is 0 Å². The molecule has 0 aliphatic heterocycles. The van der Waals surface area contributed by atoms with Crippen LogP contribution in [0, 0.1) is 23.7 Å². The zero-order valence-electron chi connectivity index (χ0n) is 12.3. The number of carboxylic acids is 1. The predicted octanol–water partition coefficient (Wildman–Crippen LogP) is 2.52. The lowest BCUT2D eigenvalue weighted by molar-refractivity contribution is -0.147. The molecule has 2 N–H and O–H groups in total. The second-order valence-corrected chi connectivity index (χ2v) is 6.49. The summed E-state index contributed by atoms with van der Waals surface area (Å²) in [6.45, 7) is 0.634. The van der Waals surface area contributed by atoms with E-state index in [0.717, 1.165) is 25.7 Å². The first-order valence-corrected chi connectivity index (χ1v) is 8.03. The summed E-state index contributed by atoms with van der Waals surface area (Å²) in [5.74, 6) is -1.65. The number of nitrogens with one attached hydrogen (secondary N) is 1. The number of carboxylic acid groups (broad SMARTS) is 1. The Morgan fingerprint density at radius 3 is 2.62 bits per heavy atom. The Kier molecular flexibility index (Phi) is 4.13. The summed E-state index contributed by atoms with van der Waals surface area (Å²) < 4.78 is 0. The number of allylic oxidation sites excluding steroid dienone is 3. The second-order valence-electron chi connectivity index (χ2n) is 6.49. The van der Waals surface area contributed by atoms with Gasteiger partial charge >= 0.3 is 5.97 Å². The molecular formula is C17H23NO3. The third-order valence-corrected chi connectivity index (χ3v) is 5.18. The highest BCUT2D eigenvalue weighted by Crippen LogP contribution is 2.48. The lowest BCUT2D eigenvalue weighted by atomic mass is 9.82. The van der Waals surface area contributed by atoms with Gasteiger partial charge in [-0.15, -0.1) is 0 Å². The van der Waals surface area contributed by atoms with Crippen molar-refractivity contribution in [1.82, 2.24) is 5.32 Å². The number of rotatable bonds is 5. The average molecular weight is 289 g/mol. The van der Waals surface area contributed by atoms with E-state index in [1.807, 2.05) is 12.2 Å². The number of carbonyl (C=O) groups excluding carboxylic acids is 1. The van der Waals surface area contributed by atoms with Crippen LogP contribution in [0.3, 0.4) is 0 Å². The van der Waals surface area contributed by atoms with Crippen LogP contribution in [0.2, 0.25) is 0 Å². The van der Waals surface area contributed by atoms with Crippen molar-refractivity contribution in [3.05, 3.63) is 23.8 Å². The molecule has 3 rings (SSSR count). The molecule has 0 heterocycles. The minimum absolute atomic E-state index is 0.0457. The van der Waals surface area contributed by atoms with E-state index in [1.54, 1.807) is 0 Å². The van der Waals surface area contributed by atoms with Gasteiger partial charge in [0.25, 0.3) is 0 Å². The van der Waals surface area contributed by atoms with Gasteiger partial charge in [-0.25, -0.2) is 0 Å². The fourth-order valence-corrected chi connectivity index (χ4v) is 4.11. The highest BCUT2D eigenvalue weighted by molar-refractivity contribution is 5.86. The van der Waals surface area contributed by atoms with E-state index in [0.29, 0.717) is 6.54 Å². The summed E-state index contributed by atoms with van der Waals surface area (Å²) in [5, 5.41) is 12.3. The Hall–Kier alpha value is -1.58. The fourth-order valence-electron chi connectivity index (χ4n) is 4.11. The third kappa shape index (κ3) is 2.89. The first kappa shape index (κ1) is 14.4. The van der Waals surface area contributed by atoms with E-state index in [1.165, 1.54) is 18.4 Å². The van der Waals surface area contributed by atoms with Crippen molar-refractivity contribution < 1.29 is 14.7 Å². The Labute approximate surface area is 125 Å². The number of hydrogen-bond acceptors (Lipinski definition) is 2. The molecule has 1 saturated carbocycles. The van der Waals surface area contributed by atoms with E-state index in [4.69, 9.17) is 0 Å². The van der Waals surface area contributed by atoms with Crippen LogP contribution in [-0.2, 0) is 9.59 Å². The lowest BCUT2D eigenvalue weighted by Crippen LogP contribution is -2.40. The molecule has 21 heavy (non-hydrogen) atoms. The van der Waals surface area contributed by atoms with Gasteiger partial charge in [0.15, 0.2) is 0 Å². The van der Waals surface area contributed by atoms with Crippen LogP contribution in [0.15, 0.2) is 23.8 Å². The van der Waals surface area contributed by atoms with Crippen molar-refractivity contribution >= 4 is 11.9 Å². The molecule has 0 aromatic rings. The summed E-state index contributed by atoms with van der Waals surface area (Å²) in [4.78, 5) is 23.8. The molecule has 4 nitrogen and oxygen atoms in total. The maximum Gasteiger partial charge on any atom is 0.307 e. The monoisotopic (exact) mass is 289 g/mol. The number of amides is 1. The number of hydrogen-bond donors (Lipinski definition) is 2. The van der Waals surface area contributed by atoms with Crippen LogP contribution in [-0.4, -0.2) is 23.5 Å². The van der Waals surface area contributed by atoms with Crippen LogP contribution in [0.25, 0.3) is 0 Å². The van der Waals surface area contributed by atoms with Crippen LogP contribution in [0.5, 0.6) is 0 Å². The maximum absolute atomic E-state index is 12.4. The van der Waals surface area contributed by atoms with Crippen molar-refractivity contribution in [1.29, 1.82) is 0 Å². The Morgan fingerprint density at radius 2 is 1.95 bits per heavy atom. The van der Waals surface area contributed by atoms with Crippen LogP contribution >= 0.6 is 0 Å². The zero-order chi connectivity index (χ0) is 14.8. The topological polar surface area (TPSA) is 66.4 Å². The molecule has 0 aromatic heterocycles. The molecule has 0 unspecified atom stereocenters. The van der Waals surface area contributed by atoms with Crippen molar-refractivity contribution in [3.8, 4) is 0 Å². The summed E-state index contributed by atoms with van der Waals surface area (Å²) in [6, 6.07) is 0. The molecule has 1 fully saturated rings. The third-order valence-electron chi connectivity index (χ3n) is 5.18. The highest BCUT2D eigenvalue weighted by atomic mass is 16.4. The minimum atomic E-state index is -0.831. The smallest absolute Gasteiger partial charge is 0.307 e. The highest BCUT2D eigenvalue weighted by Gasteiger charge is 2.51. The molecule has 0 spiro atoms. The summed E-state index contributed by atoms with van der Waals surface area (Å²) in [5.41, 5.74) is 1.43. The zero-order valence-corrected chi connectivity index (χ0v) is 12.3. The van der Waals surface area contributed by atoms with Crippen molar-refractivity contribution in [2.24, 2.45) is 23.7 Å². The molecule has 114 valence electrons. The predicted molar refractivity (Wildman–Crippen MR) is 79.5 cm³/mol. The van der Waals surface area contributed by atoms with Gasteiger partial charge in [-0.3, -0.25) is 9.59 Å². The van der Waals surface area contributed by atoms with Gasteiger partial charge in [0.05, 0.1) is 11.8 Å². The quantitative estimate of drug-likeness (QED) is 0.764. The first-order chi connectivity index (χ1) is 10.2. The SMILES string of the molecule is O=C(O)[C@H]1[C@H](C(=O)NCCC2=CCCCC2)[C@H]2C=C[C@H]1C2. The van der Waals surface area contributed by atoms with Gasteiger partial charge in [0, 0.05) is 6.54 Å². The molecule has 0 saturated heterocycles. The standard InChI is InChI=1S/C17H23NO3/c19-16(18-9-8-11-4-2-1-3-5-11)14-12-6-7-13(10-12)15(14)17(20)21/h4,6-7,12-15H,1-3,5,8-10H2,(H,18,19)(H,20,21)/t12-,13-,14+,15+/m0/s1. The van der Waals surface area contributed by atoms with E-state index in [2.05, 4.69) is 11.4 Å². The van der Waals surface area contributed by atoms with E-state index >= 15 is 0 Å². The maximum atomic E-state index is 12.4. The number of aliphatic carboxylic acids is 1. The molecule has 3 aliphatic carbocycles. The minimum Gasteiger partial charge on any atom is -0.481 e. The van der Waals surface area contributed by atoms with Crippen molar-refractivity contribution in [2.75, 3.05) is 6.54 Å². The molecule has 4 atom stereocenters. The first-order valence-electron chi connectivity index (χ1n) is 8.03. The van der Waals surface area contributed by atoms with Gasteiger partial charge < -0.3 is 10.4 Å². The Balaban J connectivity index is 1.54. The second kappa shape index (κ2) is 6.04. The Morgan fingerprint density at radius 1 is 1.19 bits per heavy atom. The summed E-state index contributed by atoms with van der Waals surface area (Å²) in [7, 11) is 0. The summed E-state index contributed by atoms with van der Waals surface area (Å²) >= 11 is 0. The Bertz CT molecular complexity index is 494. The largest absolute Gasteiger partial charge is 0.481 e. The van der Waals surface area contributed by atoms with Gasteiger partial charge in [-0.1, -0.05) is 23.8 Å². The van der Waals surface area contributed by atoms with Crippen LogP contribution < -0.4 is 5.32 Å². The van der Waals surface area contributed by atoms with Crippen LogP contribution in [0.1, 0.15) is 38.5 Å². The average Bonchev–Trinajstić information content (AvgIpc) is 3.08. The van der Waals surface area contributed by atoms with Gasteiger partial charge in [-0.2, -0.15) is 0 Å². The van der Waals surface area contributed by atoms with E-state index in [9.17, 15) is 14.7 Å². The molecule has 3 aliphatic rings. The van der Waals surface area contributed by atoms with E-state index in [-0.39, 0.29) is 23.7 Å².